The van der Waals surface area contributed by atoms with E-state index in [-0.39, 0.29) is 35.3 Å². The number of hydrazone groups is 1. The molecular weight excluding hydrogens is 426 g/mol. The number of anilines is 1. The van der Waals surface area contributed by atoms with Gasteiger partial charge in [-0.25, -0.2) is 10.4 Å². The van der Waals surface area contributed by atoms with Crippen molar-refractivity contribution in [2.75, 3.05) is 12.5 Å². The van der Waals surface area contributed by atoms with Crippen molar-refractivity contribution in [1.82, 2.24) is 9.97 Å². The fourth-order valence-corrected chi connectivity index (χ4v) is 3.13. The maximum Gasteiger partial charge on any atom is 0.315 e. The molecule has 10 heteroatoms. The number of hydrogen-bond donors (Lipinski definition) is 2. The summed E-state index contributed by atoms with van der Waals surface area (Å²) in [4.78, 5) is 29.6. The van der Waals surface area contributed by atoms with Crippen molar-refractivity contribution in [1.29, 1.82) is 0 Å². The van der Waals surface area contributed by atoms with Gasteiger partial charge < -0.3 is 9.47 Å². The summed E-state index contributed by atoms with van der Waals surface area (Å²) in [5.74, 6) is 0.413. The van der Waals surface area contributed by atoms with Crippen LogP contribution in [0.15, 0.2) is 46.3 Å². The molecule has 0 aliphatic rings. The SMILES string of the molecule is CCc1cc(=O)[nH]c(N/N=C\c2cc(OC)c(OCc3cc(C)ccc3C)c([N+](=O)[O-])c2)n1. The van der Waals surface area contributed by atoms with Crippen LogP contribution in [0.3, 0.4) is 0 Å². The van der Waals surface area contributed by atoms with Gasteiger partial charge in [0.15, 0.2) is 5.75 Å². The number of aromatic amines is 1. The molecule has 0 saturated carbocycles. The van der Waals surface area contributed by atoms with E-state index in [4.69, 9.17) is 9.47 Å². The molecule has 1 heterocycles. The Kier molecular flexibility index (Phi) is 7.39. The molecule has 0 saturated heterocycles. The lowest BCUT2D eigenvalue weighted by molar-refractivity contribution is -0.386. The molecule has 33 heavy (non-hydrogen) atoms. The van der Waals surface area contributed by atoms with E-state index in [1.807, 2.05) is 39.0 Å². The quantitative estimate of drug-likeness (QED) is 0.286. The van der Waals surface area contributed by atoms with Crippen LogP contribution in [0.5, 0.6) is 11.5 Å². The number of nitrogens with one attached hydrogen (secondary N) is 2. The molecule has 0 radical (unpaired) electrons. The summed E-state index contributed by atoms with van der Waals surface area (Å²) in [5.41, 5.74) is 6.11. The highest BCUT2D eigenvalue weighted by Gasteiger charge is 2.22. The Bertz CT molecular complexity index is 1250. The summed E-state index contributed by atoms with van der Waals surface area (Å²) in [7, 11) is 1.41. The predicted octanol–water partition coefficient (Wildman–Crippen LogP) is 3.89. The molecule has 0 aliphatic carbocycles. The van der Waals surface area contributed by atoms with Crippen LogP contribution in [0.2, 0.25) is 0 Å². The molecule has 10 nitrogen and oxygen atoms in total. The Balaban J connectivity index is 1.86. The fourth-order valence-electron chi connectivity index (χ4n) is 3.13. The maximum absolute atomic E-state index is 11.7. The molecule has 0 bridgehead atoms. The number of aryl methyl sites for hydroxylation is 3. The normalized spacial score (nSPS) is 10.9. The number of rotatable bonds is 9. The maximum atomic E-state index is 11.7. The van der Waals surface area contributed by atoms with E-state index in [0.29, 0.717) is 17.7 Å². The van der Waals surface area contributed by atoms with Gasteiger partial charge in [0, 0.05) is 23.4 Å². The number of nitrogens with zero attached hydrogens (tertiary/aromatic N) is 3. The van der Waals surface area contributed by atoms with Crippen molar-refractivity contribution >= 4 is 17.9 Å². The first-order valence-corrected chi connectivity index (χ1v) is 10.3. The number of aromatic nitrogens is 2. The monoisotopic (exact) mass is 451 g/mol. The Morgan fingerprint density at radius 3 is 2.73 bits per heavy atom. The number of hydrogen-bond acceptors (Lipinski definition) is 8. The molecular formula is C23H25N5O5. The zero-order chi connectivity index (χ0) is 24.0. The highest BCUT2D eigenvalue weighted by molar-refractivity contribution is 5.83. The van der Waals surface area contributed by atoms with Gasteiger partial charge in [-0.1, -0.05) is 30.7 Å². The topological polar surface area (TPSA) is 132 Å². The molecule has 0 unspecified atom stereocenters. The largest absolute Gasteiger partial charge is 0.493 e. The molecule has 0 fully saturated rings. The van der Waals surface area contributed by atoms with Crippen molar-refractivity contribution in [2.24, 2.45) is 5.10 Å². The van der Waals surface area contributed by atoms with E-state index in [1.165, 1.54) is 25.5 Å². The lowest BCUT2D eigenvalue weighted by atomic mass is 10.1. The molecule has 3 rings (SSSR count). The third kappa shape index (κ3) is 5.94. The summed E-state index contributed by atoms with van der Waals surface area (Å²) in [6, 6.07) is 10.3. The summed E-state index contributed by atoms with van der Waals surface area (Å²) < 4.78 is 11.2. The standard InChI is InChI=1S/C23H25N5O5/c1-5-18-11-21(29)26-23(25-18)27-24-12-16-9-19(28(30)31)22(20(10-16)32-4)33-13-17-8-14(2)6-7-15(17)3/h6-12H,5,13H2,1-4H3,(H2,25,26,27,29)/b24-12-. The van der Waals surface area contributed by atoms with Crippen LogP contribution in [0.25, 0.3) is 0 Å². The minimum atomic E-state index is -0.532. The molecule has 2 N–H and O–H groups in total. The van der Waals surface area contributed by atoms with Gasteiger partial charge in [-0.2, -0.15) is 5.10 Å². The summed E-state index contributed by atoms with van der Waals surface area (Å²) in [6.45, 7) is 5.96. The molecule has 0 spiro atoms. The number of benzene rings is 2. The van der Waals surface area contributed by atoms with Crippen LogP contribution in [-0.2, 0) is 13.0 Å². The minimum Gasteiger partial charge on any atom is -0.493 e. The van der Waals surface area contributed by atoms with Gasteiger partial charge in [0.05, 0.1) is 18.2 Å². The van der Waals surface area contributed by atoms with E-state index in [2.05, 4.69) is 20.5 Å². The van der Waals surface area contributed by atoms with Crippen molar-refractivity contribution in [2.45, 2.75) is 33.8 Å². The third-order valence-corrected chi connectivity index (χ3v) is 4.89. The van der Waals surface area contributed by atoms with Gasteiger partial charge in [0.1, 0.15) is 6.61 Å². The number of H-pyrrole nitrogens is 1. The van der Waals surface area contributed by atoms with E-state index >= 15 is 0 Å². The highest BCUT2D eigenvalue weighted by Crippen LogP contribution is 2.38. The molecule has 1 aromatic heterocycles. The second-order valence-corrected chi connectivity index (χ2v) is 7.36. The van der Waals surface area contributed by atoms with Crippen LogP contribution in [0.4, 0.5) is 11.6 Å². The van der Waals surface area contributed by atoms with Crippen molar-refractivity contribution in [3.8, 4) is 11.5 Å². The van der Waals surface area contributed by atoms with Crippen LogP contribution in [-0.4, -0.2) is 28.2 Å². The van der Waals surface area contributed by atoms with E-state index in [9.17, 15) is 14.9 Å². The molecule has 2 aromatic carbocycles. The molecule has 3 aromatic rings. The number of nitro groups is 1. The lowest BCUT2D eigenvalue weighted by Crippen LogP contribution is -2.11. The molecule has 0 amide bonds. The summed E-state index contributed by atoms with van der Waals surface area (Å²) >= 11 is 0. The second kappa shape index (κ2) is 10.4. The summed E-state index contributed by atoms with van der Waals surface area (Å²) in [6.07, 6.45) is 1.96. The number of ether oxygens (including phenoxy) is 2. The minimum absolute atomic E-state index is 0.0372. The van der Waals surface area contributed by atoms with Crippen LogP contribution in [0.1, 0.15) is 34.9 Å². The zero-order valence-corrected chi connectivity index (χ0v) is 18.8. The Morgan fingerprint density at radius 2 is 2.03 bits per heavy atom. The average Bonchev–Trinajstić information content (AvgIpc) is 2.79. The van der Waals surface area contributed by atoms with Gasteiger partial charge in [-0.15, -0.1) is 0 Å². The van der Waals surface area contributed by atoms with Gasteiger partial charge >= 0.3 is 5.69 Å². The zero-order valence-electron chi connectivity index (χ0n) is 18.8. The number of methoxy groups -OCH3 is 1. The Labute approximate surface area is 190 Å². The van der Waals surface area contributed by atoms with Gasteiger partial charge in [-0.05, 0) is 37.5 Å². The van der Waals surface area contributed by atoms with Crippen molar-refractivity contribution < 1.29 is 14.4 Å². The number of nitro benzene ring substituents is 1. The predicted molar refractivity (Wildman–Crippen MR) is 125 cm³/mol. The van der Waals surface area contributed by atoms with Crippen LogP contribution in [0, 0.1) is 24.0 Å². The van der Waals surface area contributed by atoms with Gasteiger partial charge in [0.25, 0.3) is 5.56 Å². The Hall–Kier alpha value is -4.21. The smallest absolute Gasteiger partial charge is 0.315 e. The molecule has 172 valence electrons. The molecule has 0 aliphatic heterocycles. The van der Waals surface area contributed by atoms with Gasteiger partial charge in [0.2, 0.25) is 11.7 Å². The average molecular weight is 451 g/mol. The first kappa shape index (κ1) is 23.5. The highest BCUT2D eigenvalue weighted by atomic mass is 16.6. The van der Waals surface area contributed by atoms with Crippen LogP contribution >= 0.6 is 0 Å². The van der Waals surface area contributed by atoms with Crippen LogP contribution < -0.4 is 20.5 Å². The molecule has 0 atom stereocenters. The van der Waals surface area contributed by atoms with E-state index < -0.39 is 4.92 Å². The van der Waals surface area contributed by atoms with Gasteiger partial charge in [-0.3, -0.25) is 19.9 Å². The van der Waals surface area contributed by atoms with E-state index in [0.717, 1.165) is 16.7 Å². The summed E-state index contributed by atoms with van der Waals surface area (Å²) in [5, 5.41) is 15.8. The second-order valence-electron chi connectivity index (χ2n) is 7.36. The third-order valence-electron chi connectivity index (χ3n) is 4.89. The van der Waals surface area contributed by atoms with Crippen molar-refractivity contribution in [3.63, 3.8) is 0 Å². The lowest BCUT2D eigenvalue weighted by Gasteiger charge is -2.13. The van der Waals surface area contributed by atoms with Crippen molar-refractivity contribution in [3.05, 3.63) is 84.8 Å². The van der Waals surface area contributed by atoms with E-state index in [1.54, 1.807) is 6.07 Å². The first-order valence-electron chi connectivity index (χ1n) is 10.3. The first-order chi connectivity index (χ1) is 15.8. The fraction of sp³-hybridized carbons (Fsp3) is 0.261. The Morgan fingerprint density at radius 1 is 1.24 bits per heavy atom.